The Kier molecular flexibility index (Phi) is 5.88. The Hall–Kier alpha value is -1.00. The molecule has 0 aliphatic heterocycles. The van der Waals surface area contributed by atoms with Crippen LogP contribution < -0.4 is 5.32 Å². The standard InChI is InChI=1S/C11H20N4/c1-15(2)8-4-3-5-12-9-11-10-13-6-7-14-11/h6-7,10,12H,3-5,8-9H2,1-2H3. The summed E-state index contributed by atoms with van der Waals surface area (Å²) in [4.78, 5) is 10.4. The number of nitrogens with one attached hydrogen (secondary N) is 1. The minimum absolute atomic E-state index is 0.815. The largest absolute Gasteiger partial charge is 0.311 e. The quantitative estimate of drug-likeness (QED) is 0.676. The van der Waals surface area contributed by atoms with E-state index in [0.717, 1.165) is 25.3 Å². The molecule has 1 heterocycles. The van der Waals surface area contributed by atoms with Crippen molar-refractivity contribution in [3.63, 3.8) is 0 Å². The van der Waals surface area contributed by atoms with Gasteiger partial charge in [0.2, 0.25) is 0 Å². The van der Waals surface area contributed by atoms with Gasteiger partial charge in [0, 0.05) is 25.1 Å². The summed E-state index contributed by atoms with van der Waals surface area (Å²) in [5.74, 6) is 0. The van der Waals surface area contributed by atoms with Gasteiger partial charge in [-0.3, -0.25) is 9.97 Å². The minimum atomic E-state index is 0.815. The fourth-order valence-corrected chi connectivity index (χ4v) is 1.32. The van der Waals surface area contributed by atoms with Gasteiger partial charge in [-0.2, -0.15) is 0 Å². The van der Waals surface area contributed by atoms with Crippen molar-refractivity contribution in [2.45, 2.75) is 19.4 Å². The van der Waals surface area contributed by atoms with Crippen molar-refractivity contribution in [1.82, 2.24) is 20.2 Å². The summed E-state index contributed by atoms with van der Waals surface area (Å²) in [5, 5.41) is 3.35. The van der Waals surface area contributed by atoms with E-state index in [-0.39, 0.29) is 0 Å². The molecule has 0 spiro atoms. The van der Waals surface area contributed by atoms with Gasteiger partial charge < -0.3 is 10.2 Å². The van der Waals surface area contributed by atoms with Crippen LogP contribution in [0.2, 0.25) is 0 Å². The molecule has 0 aromatic carbocycles. The van der Waals surface area contributed by atoms with E-state index in [1.807, 2.05) is 0 Å². The van der Waals surface area contributed by atoms with Crippen LogP contribution in [0.5, 0.6) is 0 Å². The van der Waals surface area contributed by atoms with E-state index >= 15 is 0 Å². The molecule has 0 radical (unpaired) electrons. The van der Waals surface area contributed by atoms with Crippen LogP contribution in [0.1, 0.15) is 18.5 Å². The molecule has 0 saturated carbocycles. The van der Waals surface area contributed by atoms with Crippen LogP contribution in [-0.4, -0.2) is 42.1 Å². The Morgan fingerprint density at radius 1 is 1.27 bits per heavy atom. The molecule has 1 rings (SSSR count). The first-order valence-corrected chi connectivity index (χ1v) is 5.39. The molecule has 0 aliphatic carbocycles. The van der Waals surface area contributed by atoms with Crippen LogP contribution in [0.4, 0.5) is 0 Å². The van der Waals surface area contributed by atoms with E-state index < -0.39 is 0 Å². The van der Waals surface area contributed by atoms with Gasteiger partial charge in [0.15, 0.2) is 0 Å². The van der Waals surface area contributed by atoms with Gasteiger partial charge in [0.05, 0.1) is 5.69 Å². The van der Waals surface area contributed by atoms with E-state index in [0.29, 0.717) is 0 Å². The second kappa shape index (κ2) is 7.31. The van der Waals surface area contributed by atoms with Crippen molar-refractivity contribution < 1.29 is 0 Å². The van der Waals surface area contributed by atoms with Gasteiger partial charge in [-0.25, -0.2) is 0 Å². The van der Waals surface area contributed by atoms with Gasteiger partial charge in [0.25, 0.3) is 0 Å². The monoisotopic (exact) mass is 208 g/mol. The van der Waals surface area contributed by atoms with E-state index in [9.17, 15) is 0 Å². The molecule has 1 aromatic rings. The average Bonchev–Trinajstić information content (AvgIpc) is 2.24. The zero-order chi connectivity index (χ0) is 10.9. The SMILES string of the molecule is CN(C)CCCCNCc1cnccn1. The van der Waals surface area contributed by atoms with E-state index in [1.54, 1.807) is 18.6 Å². The smallest absolute Gasteiger partial charge is 0.0724 e. The lowest BCUT2D eigenvalue weighted by Gasteiger charge is -2.09. The second-order valence-electron chi connectivity index (χ2n) is 3.88. The van der Waals surface area contributed by atoms with Gasteiger partial charge in [-0.1, -0.05) is 0 Å². The number of rotatable bonds is 7. The van der Waals surface area contributed by atoms with Gasteiger partial charge in [0.1, 0.15) is 0 Å². The number of aromatic nitrogens is 2. The first-order valence-electron chi connectivity index (χ1n) is 5.39. The maximum absolute atomic E-state index is 4.19. The van der Waals surface area contributed by atoms with Crippen molar-refractivity contribution in [2.75, 3.05) is 27.2 Å². The Bertz CT molecular complexity index is 248. The maximum atomic E-state index is 4.19. The van der Waals surface area contributed by atoms with Crippen LogP contribution in [0, 0.1) is 0 Å². The van der Waals surface area contributed by atoms with E-state index in [2.05, 4.69) is 34.3 Å². The van der Waals surface area contributed by atoms with Crippen molar-refractivity contribution in [1.29, 1.82) is 0 Å². The topological polar surface area (TPSA) is 41.0 Å². The molecular formula is C11H20N4. The normalized spacial score (nSPS) is 10.9. The molecule has 0 amide bonds. The zero-order valence-corrected chi connectivity index (χ0v) is 9.61. The minimum Gasteiger partial charge on any atom is -0.311 e. The van der Waals surface area contributed by atoms with Crippen LogP contribution in [0.25, 0.3) is 0 Å². The number of hydrogen-bond acceptors (Lipinski definition) is 4. The number of nitrogens with zero attached hydrogens (tertiary/aromatic N) is 3. The van der Waals surface area contributed by atoms with Crippen LogP contribution in [0.15, 0.2) is 18.6 Å². The summed E-state index contributed by atoms with van der Waals surface area (Å²) in [6, 6.07) is 0. The lowest BCUT2D eigenvalue weighted by Crippen LogP contribution is -2.18. The third-order valence-electron chi connectivity index (χ3n) is 2.13. The van der Waals surface area contributed by atoms with E-state index in [1.165, 1.54) is 12.8 Å². The third-order valence-corrected chi connectivity index (χ3v) is 2.13. The molecule has 0 unspecified atom stereocenters. The fourth-order valence-electron chi connectivity index (χ4n) is 1.32. The lowest BCUT2D eigenvalue weighted by atomic mass is 10.3. The Balaban J connectivity index is 1.98. The first-order chi connectivity index (χ1) is 7.29. The highest BCUT2D eigenvalue weighted by Gasteiger charge is 1.93. The molecule has 15 heavy (non-hydrogen) atoms. The molecule has 0 saturated heterocycles. The Morgan fingerprint density at radius 2 is 2.13 bits per heavy atom. The molecule has 0 atom stereocenters. The third kappa shape index (κ3) is 6.14. The van der Waals surface area contributed by atoms with Crippen molar-refractivity contribution in [2.24, 2.45) is 0 Å². The predicted molar refractivity (Wildman–Crippen MR) is 61.5 cm³/mol. The molecule has 4 nitrogen and oxygen atoms in total. The molecule has 0 fully saturated rings. The van der Waals surface area contributed by atoms with Gasteiger partial charge in [-0.05, 0) is 40.0 Å². The summed E-state index contributed by atoms with van der Waals surface area (Å²) in [5.41, 5.74) is 1.00. The maximum Gasteiger partial charge on any atom is 0.0724 e. The van der Waals surface area contributed by atoms with Gasteiger partial charge >= 0.3 is 0 Å². The Labute approximate surface area is 91.7 Å². The predicted octanol–water partition coefficient (Wildman–Crippen LogP) is 0.908. The second-order valence-corrected chi connectivity index (χ2v) is 3.88. The zero-order valence-electron chi connectivity index (χ0n) is 9.61. The molecule has 1 N–H and O–H groups in total. The summed E-state index contributed by atoms with van der Waals surface area (Å²) < 4.78 is 0. The summed E-state index contributed by atoms with van der Waals surface area (Å²) >= 11 is 0. The highest BCUT2D eigenvalue weighted by molar-refractivity contribution is 4.93. The molecular weight excluding hydrogens is 188 g/mol. The summed E-state index contributed by atoms with van der Waals surface area (Å²) in [7, 11) is 4.21. The van der Waals surface area contributed by atoms with Crippen molar-refractivity contribution in [3.8, 4) is 0 Å². The van der Waals surface area contributed by atoms with Gasteiger partial charge in [-0.15, -0.1) is 0 Å². The number of unbranched alkanes of at least 4 members (excludes halogenated alkanes) is 1. The number of hydrogen-bond donors (Lipinski definition) is 1. The fraction of sp³-hybridized carbons (Fsp3) is 0.636. The van der Waals surface area contributed by atoms with E-state index in [4.69, 9.17) is 0 Å². The lowest BCUT2D eigenvalue weighted by molar-refractivity contribution is 0.391. The van der Waals surface area contributed by atoms with Crippen molar-refractivity contribution in [3.05, 3.63) is 24.3 Å². The molecule has 84 valence electrons. The average molecular weight is 208 g/mol. The van der Waals surface area contributed by atoms with Crippen LogP contribution in [-0.2, 0) is 6.54 Å². The summed E-state index contributed by atoms with van der Waals surface area (Å²) in [6.45, 7) is 3.02. The van der Waals surface area contributed by atoms with Crippen LogP contribution in [0.3, 0.4) is 0 Å². The molecule has 1 aromatic heterocycles. The molecule has 0 aliphatic rings. The van der Waals surface area contributed by atoms with Crippen molar-refractivity contribution >= 4 is 0 Å². The summed E-state index contributed by atoms with van der Waals surface area (Å²) in [6.07, 6.45) is 7.66. The highest BCUT2D eigenvalue weighted by Crippen LogP contribution is 1.91. The highest BCUT2D eigenvalue weighted by atomic mass is 15.0. The van der Waals surface area contributed by atoms with Crippen LogP contribution >= 0.6 is 0 Å². The molecule has 4 heteroatoms. The molecule has 0 bridgehead atoms. The Morgan fingerprint density at radius 3 is 2.80 bits per heavy atom. The first kappa shape index (κ1) is 12.1.